The number of hydrogen-bond donors (Lipinski definition) is 2. The predicted molar refractivity (Wildman–Crippen MR) is 128 cm³/mol. The molecular weight excluding hydrogens is 465 g/mol. The van der Waals surface area contributed by atoms with Crippen LogP contribution in [0.4, 0.5) is 10.5 Å². The van der Waals surface area contributed by atoms with E-state index in [2.05, 4.69) is 10.6 Å². The smallest absolute Gasteiger partial charge is 0.337 e. The number of amides is 3. The van der Waals surface area contributed by atoms with Crippen molar-refractivity contribution in [3.8, 4) is 0 Å². The summed E-state index contributed by atoms with van der Waals surface area (Å²) in [5, 5.41) is 6.33. The number of nitrogens with zero attached hydrogens (tertiary/aromatic N) is 1. The van der Waals surface area contributed by atoms with Crippen LogP contribution < -0.4 is 10.6 Å². The van der Waals surface area contributed by atoms with E-state index < -0.39 is 12.0 Å². The lowest BCUT2D eigenvalue weighted by molar-refractivity contribution is -0.136. The SMILES string of the molecule is CCCCN1C(=O)N[C@@H](c2cccc(NC(=O)c3ccc(Cl)c(Cl)c3)c2)C(C(=O)OC)=C1C. The summed E-state index contributed by atoms with van der Waals surface area (Å²) < 4.78 is 5.01. The molecule has 7 nitrogen and oxygen atoms in total. The Balaban J connectivity index is 1.92. The number of ether oxygens (including phenoxy) is 1. The average molecular weight is 490 g/mol. The minimum atomic E-state index is -0.718. The number of anilines is 1. The first-order valence-electron chi connectivity index (χ1n) is 10.5. The Morgan fingerprint density at radius 2 is 1.91 bits per heavy atom. The van der Waals surface area contributed by atoms with Gasteiger partial charge in [-0.05, 0) is 49.2 Å². The van der Waals surface area contributed by atoms with Crippen molar-refractivity contribution in [1.82, 2.24) is 10.2 Å². The largest absolute Gasteiger partial charge is 0.466 e. The molecule has 0 fully saturated rings. The van der Waals surface area contributed by atoms with Crippen molar-refractivity contribution in [2.24, 2.45) is 0 Å². The molecule has 1 aliphatic rings. The van der Waals surface area contributed by atoms with Crippen LogP contribution in [0.5, 0.6) is 0 Å². The lowest BCUT2D eigenvalue weighted by Crippen LogP contribution is -2.48. The van der Waals surface area contributed by atoms with Gasteiger partial charge in [0, 0.05) is 23.5 Å². The summed E-state index contributed by atoms with van der Waals surface area (Å²) in [6, 6.07) is 10.5. The molecule has 174 valence electrons. The maximum atomic E-state index is 12.8. The van der Waals surface area contributed by atoms with Crippen molar-refractivity contribution in [3.63, 3.8) is 0 Å². The Bertz CT molecular complexity index is 1120. The molecule has 0 spiro atoms. The average Bonchev–Trinajstić information content (AvgIpc) is 2.80. The highest BCUT2D eigenvalue weighted by molar-refractivity contribution is 6.42. The fourth-order valence-electron chi connectivity index (χ4n) is 3.63. The van der Waals surface area contributed by atoms with Gasteiger partial charge in [-0.3, -0.25) is 9.69 Å². The van der Waals surface area contributed by atoms with Gasteiger partial charge in [-0.15, -0.1) is 0 Å². The van der Waals surface area contributed by atoms with E-state index in [0.717, 1.165) is 12.8 Å². The maximum Gasteiger partial charge on any atom is 0.337 e. The van der Waals surface area contributed by atoms with Gasteiger partial charge >= 0.3 is 12.0 Å². The third-order valence-electron chi connectivity index (χ3n) is 5.40. The molecular formula is C24H25Cl2N3O4. The lowest BCUT2D eigenvalue weighted by atomic mass is 9.94. The quantitative estimate of drug-likeness (QED) is 0.498. The number of nitrogens with one attached hydrogen (secondary N) is 2. The summed E-state index contributed by atoms with van der Waals surface area (Å²) in [5.74, 6) is -0.895. The number of methoxy groups -OCH3 is 1. The van der Waals surface area contributed by atoms with Gasteiger partial charge in [0.2, 0.25) is 0 Å². The molecule has 3 rings (SSSR count). The minimum absolute atomic E-state index is 0.277. The summed E-state index contributed by atoms with van der Waals surface area (Å²) in [7, 11) is 1.31. The number of halogens is 2. The molecule has 0 saturated carbocycles. The topological polar surface area (TPSA) is 87.7 Å². The van der Waals surface area contributed by atoms with E-state index in [-0.39, 0.29) is 17.0 Å². The molecule has 2 aromatic rings. The van der Waals surface area contributed by atoms with Crippen LogP contribution in [0.15, 0.2) is 53.7 Å². The second-order valence-electron chi connectivity index (χ2n) is 7.59. The van der Waals surface area contributed by atoms with Gasteiger partial charge in [0.25, 0.3) is 5.91 Å². The van der Waals surface area contributed by atoms with Crippen LogP contribution in [0, 0.1) is 0 Å². The molecule has 2 N–H and O–H groups in total. The van der Waals surface area contributed by atoms with Crippen LogP contribution in [0.2, 0.25) is 10.0 Å². The maximum absolute atomic E-state index is 12.8. The summed E-state index contributed by atoms with van der Waals surface area (Å²) in [6.07, 6.45) is 1.72. The number of carbonyl (C=O) groups excluding carboxylic acids is 3. The second-order valence-corrected chi connectivity index (χ2v) is 8.40. The molecule has 0 saturated heterocycles. The van der Waals surface area contributed by atoms with Crippen LogP contribution >= 0.6 is 23.2 Å². The Kier molecular flexibility index (Phi) is 8.00. The standard InChI is InChI=1S/C24H25Cl2N3O4/c1-4-5-11-29-14(2)20(23(31)33-3)21(28-24(29)32)15-7-6-8-17(12-15)27-22(30)16-9-10-18(25)19(26)13-16/h6-10,12-13,21H,4-5,11H2,1-3H3,(H,27,30)(H,28,32)/t21-/m0/s1. The Hall–Kier alpha value is -3.03. The number of hydrogen-bond acceptors (Lipinski definition) is 4. The molecule has 9 heteroatoms. The lowest BCUT2D eigenvalue weighted by Gasteiger charge is -2.35. The van der Waals surface area contributed by atoms with Crippen molar-refractivity contribution in [3.05, 3.63) is 74.9 Å². The van der Waals surface area contributed by atoms with E-state index in [1.807, 2.05) is 6.92 Å². The summed E-state index contributed by atoms with van der Waals surface area (Å²) in [6.45, 7) is 4.27. The number of unbranched alkanes of at least 4 members (excludes halogenated alkanes) is 1. The Morgan fingerprint density at radius 3 is 2.58 bits per heavy atom. The zero-order valence-electron chi connectivity index (χ0n) is 18.6. The molecule has 0 radical (unpaired) electrons. The highest BCUT2D eigenvalue weighted by Gasteiger charge is 2.36. The van der Waals surface area contributed by atoms with Crippen LogP contribution in [0.1, 0.15) is 48.7 Å². The molecule has 1 atom stereocenters. The van der Waals surface area contributed by atoms with Crippen molar-refractivity contribution in [1.29, 1.82) is 0 Å². The molecule has 0 aliphatic carbocycles. The summed E-state index contributed by atoms with van der Waals surface area (Å²) in [5.41, 5.74) is 2.37. The Morgan fingerprint density at radius 1 is 1.15 bits per heavy atom. The zero-order valence-corrected chi connectivity index (χ0v) is 20.1. The molecule has 0 unspecified atom stereocenters. The fourth-order valence-corrected chi connectivity index (χ4v) is 3.93. The van der Waals surface area contributed by atoms with Gasteiger partial charge in [-0.2, -0.15) is 0 Å². The molecule has 1 heterocycles. The van der Waals surface area contributed by atoms with E-state index in [1.165, 1.54) is 13.2 Å². The van der Waals surface area contributed by atoms with Gasteiger partial charge in [-0.25, -0.2) is 9.59 Å². The van der Waals surface area contributed by atoms with E-state index in [0.29, 0.717) is 39.7 Å². The monoisotopic (exact) mass is 489 g/mol. The molecule has 3 amide bonds. The van der Waals surface area contributed by atoms with Gasteiger partial charge < -0.3 is 15.4 Å². The molecule has 2 aromatic carbocycles. The van der Waals surface area contributed by atoms with E-state index in [1.54, 1.807) is 48.2 Å². The zero-order chi connectivity index (χ0) is 24.1. The van der Waals surface area contributed by atoms with E-state index >= 15 is 0 Å². The Labute approximate surface area is 202 Å². The second kappa shape index (κ2) is 10.7. The van der Waals surface area contributed by atoms with E-state index in [4.69, 9.17) is 27.9 Å². The fraction of sp³-hybridized carbons (Fsp3) is 0.292. The highest BCUT2D eigenvalue weighted by Crippen LogP contribution is 2.32. The third-order valence-corrected chi connectivity index (χ3v) is 6.14. The number of benzene rings is 2. The number of urea groups is 1. The van der Waals surface area contributed by atoms with Gasteiger partial charge in [0.05, 0.1) is 28.8 Å². The normalized spacial score (nSPS) is 15.8. The first-order chi connectivity index (χ1) is 15.8. The number of rotatable bonds is 7. The summed E-state index contributed by atoms with van der Waals surface area (Å²) >= 11 is 11.9. The molecule has 0 bridgehead atoms. The van der Waals surface area contributed by atoms with Crippen molar-refractivity contribution >= 4 is 46.8 Å². The van der Waals surface area contributed by atoms with Crippen molar-refractivity contribution in [2.45, 2.75) is 32.7 Å². The van der Waals surface area contributed by atoms with Crippen molar-refractivity contribution < 1.29 is 19.1 Å². The first-order valence-corrected chi connectivity index (χ1v) is 11.3. The van der Waals surface area contributed by atoms with Gasteiger partial charge in [0.1, 0.15) is 0 Å². The van der Waals surface area contributed by atoms with Crippen LogP contribution in [-0.4, -0.2) is 36.5 Å². The number of carbonyl (C=O) groups is 3. The minimum Gasteiger partial charge on any atom is -0.466 e. The van der Waals surface area contributed by atoms with Crippen LogP contribution in [-0.2, 0) is 9.53 Å². The first kappa shape index (κ1) is 24.6. The molecule has 0 aromatic heterocycles. The number of allylic oxidation sites excluding steroid dienone is 1. The summed E-state index contributed by atoms with van der Waals surface area (Å²) in [4.78, 5) is 39.7. The van der Waals surface area contributed by atoms with E-state index in [9.17, 15) is 14.4 Å². The molecule has 1 aliphatic heterocycles. The van der Waals surface area contributed by atoms with Crippen LogP contribution in [0.3, 0.4) is 0 Å². The third kappa shape index (κ3) is 5.49. The highest BCUT2D eigenvalue weighted by atomic mass is 35.5. The van der Waals surface area contributed by atoms with Crippen LogP contribution in [0.25, 0.3) is 0 Å². The van der Waals surface area contributed by atoms with Crippen molar-refractivity contribution in [2.75, 3.05) is 19.0 Å². The van der Waals surface area contributed by atoms with Gasteiger partial charge in [0.15, 0.2) is 0 Å². The number of esters is 1. The molecule has 33 heavy (non-hydrogen) atoms. The predicted octanol–water partition coefficient (Wildman–Crippen LogP) is 5.56. The van der Waals surface area contributed by atoms with Gasteiger partial charge in [-0.1, -0.05) is 48.7 Å².